The summed E-state index contributed by atoms with van der Waals surface area (Å²) in [6.45, 7) is 2.80. The quantitative estimate of drug-likeness (QED) is 0.288. The molecule has 3 aromatic rings. The Hall–Kier alpha value is -3.07. The fraction of sp³-hybridized carbons (Fsp3) is 0.280. The second-order valence-electron chi connectivity index (χ2n) is 8.23. The maximum absolute atomic E-state index is 12.6. The van der Waals surface area contributed by atoms with Gasteiger partial charge in [-0.05, 0) is 60.2 Å². The van der Waals surface area contributed by atoms with E-state index < -0.39 is 10.0 Å². The van der Waals surface area contributed by atoms with Crippen molar-refractivity contribution in [1.29, 1.82) is 0 Å². The van der Waals surface area contributed by atoms with Crippen molar-refractivity contribution < 1.29 is 13.3 Å². The second-order valence-corrected chi connectivity index (χ2v) is 10.00. The highest BCUT2D eigenvalue weighted by Gasteiger charge is 2.19. The molecule has 1 aliphatic heterocycles. The van der Waals surface area contributed by atoms with E-state index in [0.717, 1.165) is 49.0 Å². The largest absolute Gasteiger partial charge is 0.299 e. The van der Waals surface area contributed by atoms with Crippen LogP contribution in [0.15, 0.2) is 77.7 Å². The normalized spacial score (nSPS) is 14.1. The molecule has 1 N–H and O–H groups in total. The van der Waals surface area contributed by atoms with Crippen molar-refractivity contribution >= 4 is 15.7 Å². The molecule has 0 aromatic heterocycles. The summed E-state index contributed by atoms with van der Waals surface area (Å²) >= 11 is 0. The van der Waals surface area contributed by atoms with E-state index in [2.05, 4.69) is 9.62 Å². The molecule has 1 aliphatic rings. The first kappa shape index (κ1) is 23.1. The summed E-state index contributed by atoms with van der Waals surface area (Å²) in [6, 6.07) is 21.8. The van der Waals surface area contributed by atoms with Gasteiger partial charge in [0.2, 0.25) is 10.0 Å². The maximum atomic E-state index is 12.6. The first-order valence-electron chi connectivity index (χ1n) is 11.1. The summed E-state index contributed by atoms with van der Waals surface area (Å²) in [5, 5.41) is 11.0. The van der Waals surface area contributed by atoms with E-state index in [4.69, 9.17) is 0 Å². The lowest BCUT2D eigenvalue weighted by molar-refractivity contribution is -0.385. The number of nitro groups is 1. The average Bonchev–Trinajstić information content (AvgIpc) is 2.84. The number of unbranched alkanes of at least 4 members (excludes halogenated alkanes) is 1. The van der Waals surface area contributed by atoms with Crippen LogP contribution in [0.5, 0.6) is 0 Å². The Bertz CT molecular complexity index is 1210. The lowest BCUT2D eigenvalue weighted by atomic mass is 9.99. The monoisotopic (exact) mass is 465 g/mol. The van der Waals surface area contributed by atoms with Crippen LogP contribution in [0.3, 0.4) is 0 Å². The van der Waals surface area contributed by atoms with Gasteiger partial charge in [0.15, 0.2) is 0 Å². The van der Waals surface area contributed by atoms with E-state index in [0.29, 0.717) is 13.1 Å². The lowest BCUT2D eigenvalue weighted by Crippen LogP contribution is -2.32. The highest BCUT2D eigenvalue weighted by Crippen LogP contribution is 2.24. The number of benzene rings is 3. The molecule has 0 amide bonds. The van der Waals surface area contributed by atoms with Crippen molar-refractivity contribution in [3.63, 3.8) is 0 Å². The predicted octanol–water partition coefficient (Wildman–Crippen LogP) is 4.38. The fourth-order valence-electron chi connectivity index (χ4n) is 4.11. The number of sulfonamides is 1. The van der Waals surface area contributed by atoms with E-state index >= 15 is 0 Å². The molecule has 0 saturated carbocycles. The number of nitrogens with zero attached hydrogens (tertiary/aromatic N) is 2. The first-order valence-corrected chi connectivity index (χ1v) is 12.5. The molecule has 172 valence electrons. The molecular formula is C25H27N3O4S. The van der Waals surface area contributed by atoms with Crippen LogP contribution in [0.25, 0.3) is 11.1 Å². The molecule has 0 saturated heterocycles. The molecule has 8 heteroatoms. The third-order valence-corrected chi connectivity index (χ3v) is 7.43. The van der Waals surface area contributed by atoms with E-state index in [1.165, 1.54) is 5.56 Å². The summed E-state index contributed by atoms with van der Waals surface area (Å²) in [7, 11) is -3.54. The van der Waals surface area contributed by atoms with Crippen LogP contribution in [-0.4, -0.2) is 37.9 Å². The van der Waals surface area contributed by atoms with Crippen LogP contribution in [-0.2, 0) is 23.0 Å². The Morgan fingerprint density at radius 2 is 1.64 bits per heavy atom. The zero-order valence-electron chi connectivity index (χ0n) is 18.3. The third kappa shape index (κ3) is 5.84. The lowest BCUT2D eigenvalue weighted by Gasteiger charge is -2.28. The minimum absolute atomic E-state index is 0.127. The van der Waals surface area contributed by atoms with Crippen molar-refractivity contribution in [2.24, 2.45) is 0 Å². The Balaban J connectivity index is 1.24. The van der Waals surface area contributed by atoms with Gasteiger partial charge in [-0.3, -0.25) is 15.0 Å². The van der Waals surface area contributed by atoms with Gasteiger partial charge >= 0.3 is 0 Å². The van der Waals surface area contributed by atoms with Crippen LogP contribution >= 0.6 is 0 Å². The van der Waals surface area contributed by atoms with E-state index in [9.17, 15) is 18.5 Å². The van der Waals surface area contributed by atoms with Crippen LogP contribution in [0.4, 0.5) is 5.69 Å². The Morgan fingerprint density at radius 3 is 2.36 bits per heavy atom. The molecule has 0 radical (unpaired) electrons. The van der Waals surface area contributed by atoms with Crippen molar-refractivity contribution in [2.75, 3.05) is 19.6 Å². The SMILES string of the molecule is O=[N+]([O-])c1ccc2c(c1)CN(CCCCNS(=O)(=O)c1ccc(-c3ccccc3)cc1)CC2. The molecule has 0 bridgehead atoms. The molecule has 0 unspecified atom stereocenters. The highest BCUT2D eigenvalue weighted by atomic mass is 32.2. The Morgan fingerprint density at radius 1 is 0.909 bits per heavy atom. The minimum Gasteiger partial charge on any atom is -0.299 e. The van der Waals surface area contributed by atoms with Gasteiger partial charge in [0, 0.05) is 31.8 Å². The summed E-state index contributed by atoms with van der Waals surface area (Å²) in [5.74, 6) is 0. The molecule has 7 nitrogen and oxygen atoms in total. The molecular weight excluding hydrogens is 438 g/mol. The minimum atomic E-state index is -3.54. The van der Waals surface area contributed by atoms with Gasteiger partial charge in [0.25, 0.3) is 5.69 Å². The van der Waals surface area contributed by atoms with Gasteiger partial charge in [-0.1, -0.05) is 48.5 Å². The molecule has 0 atom stereocenters. The van der Waals surface area contributed by atoms with Gasteiger partial charge in [0.05, 0.1) is 9.82 Å². The average molecular weight is 466 g/mol. The Labute approximate surface area is 194 Å². The third-order valence-electron chi connectivity index (χ3n) is 5.96. The number of nitro benzene ring substituents is 1. The zero-order valence-corrected chi connectivity index (χ0v) is 19.1. The molecule has 0 aliphatic carbocycles. The van der Waals surface area contributed by atoms with Gasteiger partial charge < -0.3 is 0 Å². The number of non-ortho nitro benzene ring substituents is 1. The van der Waals surface area contributed by atoms with Crippen molar-refractivity contribution in [3.8, 4) is 11.1 Å². The molecule has 0 spiro atoms. The van der Waals surface area contributed by atoms with Gasteiger partial charge in [-0.25, -0.2) is 13.1 Å². The van der Waals surface area contributed by atoms with Crippen molar-refractivity contribution in [2.45, 2.75) is 30.7 Å². The van der Waals surface area contributed by atoms with Crippen LogP contribution in [0, 0.1) is 10.1 Å². The standard InChI is InChI=1S/C25H27N3O4S/c29-28(30)24-11-8-22-14-17-27(19-23(22)18-24)16-5-4-15-26-33(31,32)25-12-9-21(10-13-25)20-6-2-1-3-7-20/h1-3,6-13,18,26H,4-5,14-17,19H2. The molecule has 3 aromatic carbocycles. The predicted molar refractivity (Wildman–Crippen MR) is 128 cm³/mol. The maximum Gasteiger partial charge on any atom is 0.269 e. The van der Waals surface area contributed by atoms with Gasteiger partial charge in [0.1, 0.15) is 0 Å². The van der Waals surface area contributed by atoms with E-state index in [1.54, 1.807) is 24.3 Å². The summed E-state index contributed by atoms with van der Waals surface area (Å²) < 4.78 is 27.9. The number of rotatable bonds is 9. The molecule has 1 heterocycles. The molecule has 33 heavy (non-hydrogen) atoms. The summed E-state index contributed by atoms with van der Waals surface area (Å²) in [4.78, 5) is 13.2. The molecule has 0 fully saturated rings. The van der Waals surface area contributed by atoms with Crippen molar-refractivity contribution in [1.82, 2.24) is 9.62 Å². The van der Waals surface area contributed by atoms with Crippen LogP contribution < -0.4 is 4.72 Å². The Kier molecular flexibility index (Phi) is 7.17. The zero-order chi connectivity index (χ0) is 23.3. The topological polar surface area (TPSA) is 92.6 Å². The summed E-state index contributed by atoms with van der Waals surface area (Å²) in [5.41, 5.74) is 4.33. The van der Waals surface area contributed by atoms with Gasteiger partial charge in [-0.2, -0.15) is 0 Å². The summed E-state index contributed by atoms with van der Waals surface area (Å²) in [6.07, 6.45) is 2.44. The smallest absolute Gasteiger partial charge is 0.269 e. The second kappa shape index (κ2) is 10.2. The first-order chi connectivity index (χ1) is 15.9. The van der Waals surface area contributed by atoms with E-state index in [-0.39, 0.29) is 15.5 Å². The van der Waals surface area contributed by atoms with Crippen LogP contribution in [0.1, 0.15) is 24.0 Å². The number of nitrogens with one attached hydrogen (secondary N) is 1. The van der Waals surface area contributed by atoms with Crippen LogP contribution in [0.2, 0.25) is 0 Å². The van der Waals surface area contributed by atoms with Crippen molar-refractivity contribution in [3.05, 3.63) is 94.0 Å². The fourth-order valence-corrected chi connectivity index (χ4v) is 5.19. The number of hydrogen-bond acceptors (Lipinski definition) is 5. The number of fused-ring (bicyclic) bond motifs is 1. The molecule has 4 rings (SSSR count). The number of hydrogen-bond donors (Lipinski definition) is 1. The highest BCUT2D eigenvalue weighted by molar-refractivity contribution is 7.89. The van der Waals surface area contributed by atoms with Gasteiger partial charge in [-0.15, -0.1) is 0 Å². The van der Waals surface area contributed by atoms with E-state index in [1.807, 2.05) is 48.5 Å².